The average molecular weight is 251 g/mol. The zero-order chi connectivity index (χ0) is 12.4. The largest absolute Gasteiger partial charge is 0.369 e. The summed E-state index contributed by atoms with van der Waals surface area (Å²) in [5.74, 6) is -0.672. The summed E-state index contributed by atoms with van der Waals surface area (Å²) in [5, 5.41) is 4.36. The molecular weight excluding hydrogens is 240 g/mol. The van der Waals surface area contributed by atoms with Crippen LogP contribution in [0.4, 0.5) is 0 Å². The van der Waals surface area contributed by atoms with Gasteiger partial charge in [0.15, 0.2) is 5.76 Å². The van der Waals surface area contributed by atoms with E-state index in [9.17, 15) is 4.79 Å². The Morgan fingerprint density at radius 2 is 2.06 bits per heavy atom. The molecule has 0 saturated carbocycles. The number of rotatable bonds is 3. The number of hydrogen-bond acceptors (Lipinski definition) is 3. The lowest BCUT2D eigenvalue weighted by Crippen LogP contribution is -2.22. The zero-order valence-electron chi connectivity index (χ0n) is 9.18. The first-order chi connectivity index (χ1) is 8.08. The third-order valence-electron chi connectivity index (χ3n) is 2.42. The van der Waals surface area contributed by atoms with E-state index in [0.717, 1.165) is 5.56 Å². The number of hydrogen-bond donors (Lipinski definition) is 1. The number of carbonyl (C=O) groups excluding carboxylic acids is 1. The van der Waals surface area contributed by atoms with Crippen molar-refractivity contribution < 1.29 is 9.32 Å². The number of nitrogens with zero attached hydrogens (tertiary/aromatic N) is 1. The molecule has 17 heavy (non-hydrogen) atoms. The Kier molecular flexibility index (Phi) is 3.15. The van der Waals surface area contributed by atoms with Gasteiger partial charge in [0.25, 0.3) is 0 Å². The fourth-order valence-corrected chi connectivity index (χ4v) is 1.77. The van der Waals surface area contributed by atoms with Crippen molar-refractivity contribution in [3.05, 3.63) is 52.4 Å². The van der Waals surface area contributed by atoms with Gasteiger partial charge in [-0.3, -0.25) is 4.79 Å². The number of aryl methyl sites for hydroxylation is 1. The quantitative estimate of drug-likeness (QED) is 0.908. The van der Waals surface area contributed by atoms with E-state index >= 15 is 0 Å². The van der Waals surface area contributed by atoms with E-state index in [0.29, 0.717) is 16.5 Å². The molecule has 2 aromatic rings. The van der Waals surface area contributed by atoms with Crippen molar-refractivity contribution in [2.75, 3.05) is 0 Å². The Morgan fingerprint density at radius 3 is 2.53 bits per heavy atom. The molecular formula is C12H11ClN2O2. The molecule has 1 aromatic carbocycles. The van der Waals surface area contributed by atoms with Crippen LogP contribution >= 0.6 is 11.6 Å². The normalized spacial score (nSPS) is 12.4. The Bertz CT molecular complexity index is 534. The number of halogens is 1. The van der Waals surface area contributed by atoms with Crippen LogP contribution in [0.5, 0.6) is 0 Å². The summed E-state index contributed by atoms with van der Waals surface area (Å²) in [6.07, 6.45) is 0. The van der Waals surface area contributed by atoms with Gasteiger partial charge in [0, 0.05) is 11.1 Å². The van der Waals surface area contributed by atoms with Crippen LogP contribution in [0.1, 0.15) is 22.9 Å². The number of aromatic nitrogens is 1. The molecule has 1 aromatic heterocycles. The Hall–Kier alpha value is -1.81. The van der Waals surface area contributed by atoms with Gasteiger partial charge in [-0.2, -0.15) is 0 Å². The van der Waals surface area contributed by atoms with Crippen LogP contribution in [0.3, 0.4) is 0 Å². The smallest absolute Gasteiger partial charge is 0.232 e. The highest BCUT2D eigenvalue weighted by molar-refractivity contribution is 6.30. The molecule has 0 aliphatic rings. The number of amides is 1. The van der Waals surface area contributed by atoms with Gasteiger partial charge >= 0.3 is 0 Å². The van der Waals surface area contributed by atoms with Crippen LogP contribution in [0.25, 0.3) is 0 Å². The molecule has 0 spiro atoms. The highest BCUT2D eigenvalue weighted by Crippen LogP contribution is 2.26. The molecule has 4 nitrogen and oxygen atoms in total. The lowest BCUT2D eigenvalue weighted by molar-refractivity contribution is -0.118. The summed E-state index contributed by atoms with van der Waals surface area (Å²) in [6, 6.07) is 8.60. The fraction of sp³-hybridized carbons (Fsp3) is 0.167. The van der Waals surface area contributed by atoms with E-state index in [2.05, 4.69) is 5.16 Å². The maximum atomic E-state index is 11.5. The Balaban J connectivity index is 2.42. The summed E-state index contributed by atoms with van der Waals surface area (Å²) in [5.41, 5.74) is 6.83. The van der Waals surface area contributed by atoms with E-state index in [1.165, 1.54) is 0 Å². The van der Waals surface area contributed by atoms with Gasteiger partial charge in [0.05, 0.1) is 5.69 Å². The van der Waals surface area contributed by atoms with Gasteiger partial charge < -0.3 is 10.3 Å². The van der Waals surface area contributed by atoms with Gasteiger partial charge in [-0.05, 0) is 24.6 Å². The van der Waals surface area contributed by atoms with E-state index in [-0.39, 0.29) is 0 Å². The number of primary amides is 1. The van der Waals surface area contributed by atoms with Crippen molar-refractivity contribution in [2.24, 2.45) is 5.73 Å². The van der Waals surface area contributed by atoms with Gasteiger partial charge in [-0.1, -0.05) is 28.9 Å². The first-order valence-electron chi connectivity index (χ1n) is 5.06. The summed E-state index contributed by atoms with van der Waals surface area (Å²) >= 11 is 5.79. The standard InChI is InChI=1S/C12H11ClN2O2/c1-7-6-10(17-15-7)11(12(14)16)8-2-4-9(13)5-3-8/h2-6,11H,1H3,(H2,14,16). The molecule has 1 unspecified atom stereocenters. The van der Waals surface area contributed by atoms with Crippen LogP contribution < -0.4 is 5.73 Å². The predicted molar refractivity (Wildman–Crippen MR) is 63.7 cm³/mol. The minimum Gasteiger partial charge on any atom is -0.369 e. The monoisotopic (exact) mass is 250 g/mol. The number of nitrogens with two attached hydrogens (primary N) is 1. The Labute approximate surface area is 103 Å². The lowest BCUT2D eigenvalue weighted by Gasteiger charge is -2.09. The SMILES string of the molecule is Cc1cc(C(C(N)=O)c2ccc(Cl)cc2)on1. The minimum absolute atomic E-state index is 0.442. The number of benzene rings is 1. The second-order valence-electron chi connectivity index (χ2n) is 3.76. The molecule has 2 rings (SSSR count). The molecule has 0 saturated heterocycles. The van der Waals surface area contributed by atoms with E-state index in [4.69, 9.17) is 21.9 Å². The van der Waals surface area contributed by atoms with Crippen LogP contribution in [0.15, 0.2) is 34.9 Å². The second kappa shape index (κ2) is 4.59. The predicted octanol–water partition coefficient (Wildman–Crippen LogP) is 2.25. The van der Waals surface area contributed by atoms with Crippen molar-refractivity contribution in [2.45, 2.75) is 12.8 Å². The van der Waals surface area contributed by atoms with E-state index < -0.39 is 11.8 Å². The highest BCUT2D eigenvalue weighted by Gasteiger charge is 2.24. The summed E-state index contributed by atoms with van der Waals surface area (Å²) in [6.45, 7) is 1.78. The molecule has 5 heteroatoms. The molecule has 0 radical (unpaired) electrons. The maximum absolute atomic E-state index is 11.5. The minimum atomic E-state index is -0.631. The molecule has 0 bridgehead atoms. The zero-order valence-corrected chi connectivity index (χ0v) is 9.94. The lowest BCUT2D eigenvalue weighted by atomic mass is 9.96. The van der Waals surface area contributed by atoms with E-state index in [1.54, 1.807) is 37.3 Å². The molecule has 0 fully saturated rings. The Morgan fingerprint density at radius 1 is 1.41 bits per heavy atom. The molecule has 1 atom stereocenters. The van der Waals surface area contributed by atoms with Gasteiger partial charge in [-0.25, -0.2) is 0 Å². The van der Waals surface area contributed by atoms with Gasteiger partial charge in [0.2, 0.25) is 5.91 Å². The third kappa shape index (κ3) is 2.47. The average Bonchev–Trinajstić information content (AvgIpc) is 2.68. The molecule has 2 N–H and O–H groups in total. The third-order valence-corrected chi connectivity index (χ3v) is 2.67. The van der Waals surface area contributed by atoms with Crippen LogP contribution in [-0.4, -0.2) is 11.1 Å². The van der Waals surface area contributed by atoms with Gasteiger partial charge in [0.1, 0.15) is 5.92 Å². The number of carbonyl (C=O) groups is 1. The summed E-state index contributed by atoms with van der Waals surface area (Å²) in [4.78, 5) is 11.5. The van der Waals surface area contributed by atoms with E-state index in [1.807, 2.05) is 0 Å². The summed E-state index contributed by atoms with van der Waals surface area (Å²) in [7, 11) is 0. The van der Waals surface area contributed by atoms with Crippen LogP contribution in [-0.2, 0) is 4.79 Å². The van der Waals surface area contributed by atoms with Crippen molar-refractivity contribution in [1.29, 1.82) is 0 Å². The molecule has 0 aliphatic carbocycles. The fourth-order valence-electron chi connectivity index (χ4n) is 1.64. The molecule has 88 valence electrons. The van der Waals surface area contributed by atoms with Gasteiger partial charge in [-0.15, -0.1) is 0 Å². The van der Waals surface area contributed by atoms with Crippen molar-refractivity contribution in [3.63, 3.8) is 0 Å². The molecule has 0 aliphatic heterocycles. The first kappa shape index (κ1) is 11.7. The van der Waals surface area contributed by atoms with Crippen molar-refractivity contribution >= 4 is 17.5 Å². The molecule has 1 amide bonds. The van der Waals surface area contributed by atoms with Crippen LogP contribution in [0.2, 0.25) is 5.02 Å². The molecule has 1 heterocycles. The maximum Gasteiger partial charge on any atom is 0.232 e. The topological polar surface area (TPSA) is 69.1 Å². The van der Waals surface area contributed by atoms with Crippen molar-refractivity contribution in [1.82, 2.24) is 5.16 Å². The second-order valence-corrected chi connectivity index (χ2v) is 4.19. The highest BCUT2D eigenvalue weighted by atomic mass is 35.5. The first-order valence-corrected chi connectivity index (χ1v) is 5.43. The van der Waals surface area contributed by atoms with Crippen LogP contribution in [0, 0.1) is 6.92 Å². The van der Waals surface area contributed by atoms with Crippen molar-refractivity contribution in [3.8, 4) is 0 Å². The summed E-state index contributed by atoms with van der Waals surface area (Å²) < 4.78 is 5.09.